The molecule has 0 saturated carbocycles. The highest BCUT2D eigenvalue weighted by Gasteiger charge is 2.28. The van der Waals surface area contributed by atoms with Crippen LogP contribution in [0, 0.1) is 17.0 Å². The minimum Gasteiger partial charge on any atom is -0.309 e. The molecule has 0 aromatic heterocycles. The highest BCUT2D eigenvalue weighted by molar-refractivity contribution is 7.85. The maximum absolute atomic E-state index is 13.8. The summed E-state index contributed by atoms with van der Waals surface area (Å²) in [4.78, 5) is 21.9. The summed E-state index contributed by atoms with van der Waals surface area (Å²) in [5.74, 6) is 0. The van der Waals surface area contributed by atoms with Crippen molar-refractivity contribution in [2.75, 3.05) is 10.6 Å². The fourth-order valence-corrected chi connectivity index (χ4v) is 6.74. The van der Waals surface area contributed by atoms with Crippen LogP contribution in [-0.4, -0.2) is 11.0 Å². The lowest BCUT2D eigenvalue weighted by Gasteiger charge is -2.19. The number of nitrogens with zero attached hydrogens (tertiary/aromatic N) is 1. The summed E-state index contributed by atoms with van der Waals surface area (Å²) in [6.45, 7) is 1.92. The Kier molecular flexibility index (Phi) is 9.23. The van der Waals surface area contributed by atoms with Gasteiger partial charge in [-0.2, -0.15) is 0 Å². The molecule has 0 saturated heterocycles. The van der Waals surface area contributed by atoms with E-state index in [1.165, 1.54) is 18.2 Å². The number of carbonyl (C=O) groups is 1. The number of aryl methyl sites for hydroxylation is 1. The second-order valence-corrected chi connectivity index (χ2v) is 11.6. The number of amides is 2. The van der Waals surface area contributed by atoms with Gasteiger partial charge in [0.05, 0.1) is 4.92 Å². The summed E-state index contributed by atoms with van der Waals surface area (Å²) in [6.07, 6.45) is 0. The summed E-state index contributed by atoms with van der Waals surface area (Å²) >= 11 is 0. The van der Waals surface area contributed by atoms with Crippen molar-refractivity contribution in [2.45, 2.75) is 6.92 Å². The molecule has 40 heavy (non-hydrogen) atoms. The number of carbonyl (C=O) groups excluding carboxylic acids is 1. The van der Waals surface area contributed by atoms with Crippen LogP contribution in [0.3, 0.4) is 0 Å². The van der Waals surface area contributed by atoms with Crippen molar-refractivity contribution in [3.63, 3.8) is 0 Å². The normalized spacial score (nSPS) is 10.5. The Morgan fingerprint density at radius 3 is 1.48 bits per heavy atom. The second-order valence-electron chi connectivity index (χ2n) is 8.87. The van der Waals surface area contributed by atoms with Crippen LogP contribution in [0.15, 0.2) is 140 Å². The van der Waals surface area contributed by atoms with Crippen molar-refractivity contribution in [1.82, 2.24) is 0 Å². The summed E-state index contributed by atoms with van der Waals surface area (Å²) in [5, 5.41) is 18.5. The van der Waals surface area contributed by atoms with Crippen LogP contribution in [0.5, 0.6) is 0 Å². The quantitative estimate of drug-likeness (QED) is 0.137. The predicted octanol–water partition coefficient (Wildman–Crippen LogP) is 6.87. The van der Waals surface area contributed by atoms with Gasteiger partial charge in [0, 0.05) is 39.4 Å². The maximum Gasteiger partial charge on any atom is 0.323 e. The van der Waals surface area contributed by atoms with Gasteiger partial charge in [0.25, 0.3) is 5.69 Å². The number of urea groups is 1. The molecular weight excluding hydrogens is 521 g/mol. The Balaban J connectivity index is 0.000000185. The van der Waals surface area contributed by atoms with Gasteiger partial charge in [-0.25, -0.2) is 4.79 Å². The topological polar surface area (TPSA) is 101 Å². The molecule has 0 heterocycles. The fraction of sp³-hybridized carbons (Fsp3) is 0.0312. The molecule has 5 aromatic carbocycles. The van der Waals surface area contributed by atoms with Gasteiger partial charge in [0.1, 0.15) is 0 Å². The summed E-state index contributed by atoms with van der Waals surface area (Å²) < 4.78 is 13.8. The molecule has 0 aliphatic rings. The van der Waals surface area contributed by atoms with Crippen molar-refractivity contribution >= 4 is 46.1 Å². The Morgan fingerprint density at radius 1 is 0.625 bits per heavy atom. The highest BCUT2D eigenvalue weighted by Crippen LogP contribution is 2.41. The molecule has 0 atom stereocenters. The third-order valence-electron chi connectivity index (χ3n) is 5.95. The summed E-state index contributed by atoms with van der Waals surface area (Å²) in [5.41, 5.74) is 1.98. The number of hydrogen-bond donors (Lipinski definition) is 2. The number of anilines is 2. The van der Waals surface area contributed by atoms with Crippen molar-refractivity contribution < 1.29 is 14.3 Å². The lowest BCUT2D eigenvalue weighted by atomic mass is 10.2. The van der Waals surface area contributed by atoms with E-state index in [4.69, 9.17) is 0 Å². The Bertz CT molecular complexity index is 1530. The average molecular weight is 550 g/mol. The molecule has 5 rings (SSSR count). The molecule has 8 heteroatoms. The molecule has 7 nitrogen and oxygen atoms in total. The van der Waals surface area contributed by atoms with Gasteiger partial charge in [-0.15, -0.1) is 0 Å². The van der Waals surface area contributed by atoms with Crippen LogP contribution >= 0.6 is 7.14 Å². The van der Waals surface area contributed by atoms with Gasteiger partial charge >= 0.3 is 6.03 Å². The standard InChI is InChI=1S/C18H15OP.C14H13N3O3/c19-20(16-10-4-1-5-11-16,17-12-6-2-7-13-17)18-14-8-3-9-15-18;1-10-4-2-5-11(8-10)15-14(18)16-12-6-3-7-13(9-12)17(19)20/h1-15H;2-9H,1H3,(H2,15,16,18). The molecule has 0 aliphatic carbocycles. The van der Waals surface area contributed by atoms with Gasteiger partial charge in [-0.1, -0.05) is 109 Å². The van der Waals surface area contributed by atoms with E-state index in [0.29, 0.717) is 11.4 Å². The Labute approximate surface area is 233 Å². The Hall–Kier alpha value is -5.00. The van der Waals surface area contributed by atoms with Crippen LogP contribution in [0.25, 0.3) is 0 Å². The van der Waals surface area contributed by atoms with Crippen molar-refractivity contribution in [3.05, 3.63) is 155 Å². The number of hydrogen-bond acceptors (Lipinski definition) is 4. The minimum absolute atomic E-state index is 0.0710. The minimum atomic E-state index is -2.78. The number of rotatable bonds is 6. The summed E-state index contributed by atoms with van der Waals surface area (Å²) in [7, 11) is -2.78. The van der Waals surface area contributed by atoms with E-state index >= 15 is 0 Å². The highest BCUT2D eigenvalue weighted by atomic mass is 31.2. The van der Waals surface area contributed by atoms with Crippen molar-refractivity contribution in [3.8, 4) is 0 Å². The first-order valence-corrected chi connectivity index (χ1v) is 14.2. The molecule has 0 aliphatic heterocycles. The van der Waals surface area contributed by atoms with E-state index in [1.807, 2.05) is 116 Å². The van der Waals surface area contributed by atoms with Crippen molar-refractivity contribution in [1.29, 1.82) is 0 Å². The molecule has 5 aromatic rings. The third-order valence-corrected chi connectivity index (χ3v) is 9.03. The van der Waals surface area contributed by atoms with E-state index in [-0.39, 0.29) is 5.69 Å². The summed E-state index contributed by atoms with van der Waals surface area (Å²) in [6, 6.07) is 41.8. The van der Waals surface area contributed by atoms with Gasteiger partial charge < -0.3 is 15.2 Å². The Morgan fingerprint density at radius 2 is 1.05 bits per heavy atom. The molecule has 200 valence electrons. The third kappa shape index (κ3) is 7.10. The molecule has 0 unspecified atom stereocenters. The SMILES string of the molecule is Cc1cccc(NC(=O)Nc2cccc([N+](=O)[O-])c2)c1.O=P(c1ccccc1)(c1ccccc1)c1ccccc1. The number of nitro benzene ring substituents is 1. The number of non-ortho nitro benzene ring substituents is 1. The van der Waals surface area contributed by atoms with E-state index in [2.05, 4.69) is 10.6 Å². The van der Waals surface area contributed by atoms with Gasteiger partial charge in [-0.3, -0.25) is 10.1 Å². The molecule has 2 amide bonds. The monoisotopic (exact) mass is 549 g/mol. The number of benzene rings is 5. The lowest BCUT2D eigenvalue weighted by molar-refractivity contribution is -0.384. The number of nitro groups is 1. The molecule has 0 spiro atoms. The molecule has 0 bridgehead atoms. The average Bonchev–Trinajstić information content (AvgIpc) is 2.98. The molecule has 0 fully saturated rings. The largest absolute Gasteiger partial charge is 0.323 e. The van der Waals surface area contributed by atoms with Crippen LogP contribution < -0.4 is 26.5 Å². The first-order valence-electron chi connectivity index (χ1n) is 12.5. The lowest BCUT2D eigenvalue weighted by Crippen LogP contribution is -2.24. The molecule has 2 N–H and O–H groups in total. The molecule has 0 radical (unpaired) electrons. The van der Waals surface area contributed by atoms with Crippen LogP contribution in [-0.2, 0) is 4.57 Å². The van der Waals surface area contributed by atoms with Gasteiger partial charge in [0.15, 0.2) is 7.14 Å². The van der Waals surface area contributed by atoms with E-state index in [9.17, 15) is 19.5 Å². The van der Waals surface area contributed by atoms with Crippen molar-refractivity contribution in [2.24, 2.45) is 0 Å². The fourth-order valence-electron chi connectivity index (χ4n) is 4.07. The first kappa shape index (κ1) is 28.0. The van der Waals surface area contributed by atoms with Crippen LogP contribution in [0.2, 0.25) is 0 Å². The van der Waals surface area contributed by atoms with Gasteiger partial charge in [-0.05, 0) is 30.7 Å². The molecular formula is C32H28N3O4P. The van der Waals surface area contributed by atoms with E-state index < -0.39 is 18.1 Å². The number of nitrogens with one attached hydrogen (secondary N) is 2. The maximum atomic E-state index is 13.8. The zero-order valence-corrected chi connectivity index (χ0v) is 22.7. The zero-order chi connectivity index (χ0) is 28.4. The van der Waals surface area contributed by atoms with Crippen LogP contribution in [0.4, 0.5) is 21.9 Å². The smallest absolute Gasteiger partial charge is 0.309 e. The predicted molar refractivity (Wildman–Crippen MR) is 163 cm³/mol. The second kappa shape index (κ2) is 13.2. The zero-order valence-electron chi connectivity index (χ0n) is 21.8. The van der Waals surface area contributed by atoms with Gasteiger partial charge in [0.2, 0.25) is 0 Å². The first-order chi connectivity index (χ1) is 19.4. The van der Waals surface area contributed by atoms with Crippen LogP contribution in [0.1, 0.15) is 5.56 Å². The van der Waals surface area contributed by atoms with E-state index in [1.54, 1.807) is 12.1 Å². The van der Waals surface area contributed by atoms with E-state index in [0.717, 1.165) is 21.5 Å².